The van der Waals surface area contributed by atoms with Crippen LogP contribution in [-0.2, 0) is 21.0 Å². The molecule has 0 unspecified atom stereocenters. The minimum atomic E-state index is -6.09. The van der Waals surface area contributed by atoms with Crippen molar-refractivity contribution in [3.8, 4) is 11.2 Å². The van der Waals surface area contributed by atoms with E-state index in [1.807, 2.05) is 12.1 Å². The summed E-state index contributed by atoms with van der Waals surface area (Å²) in [5, 5.41) is 2.35. The number of rotatable bonds is 2. The lowest BCUT2D eigenvalue weighted by Gasteiger charge is -2.08. The van der Waals surface area contributed by atoms with Gasteiger partial charge in [-0.1, -0.05) is 36.4 Å². The number of halogens is 6. The first kappa shape index (κ1) is 22.9. The van der Waals surface area contributed by atoms with Crippen LogP contribution in [0.25, 0.3) is 0 Å². The minimum Gasteiger partial charge on any atom is -0.741 e. The van der Waals surface area contributed by atoms with E-state index in [0.717, 1.165) is 9.79 Å². The van der Waals surface area contributed by atoms with Crippen LogP contribution in [0.5, 0.6) is 0 Å². The van der Waals surface area contributed by atoms with Crippen LogP contribution >= 0.6 is 0 Å². The molecule has 2 rings (SSSR count). The largest absolute Gasteiger partial charge is 0.741 e. The van der Waals surface area contributed by atoms with Crippen molar-refractivity contribution in [3.63, 3.8) is 0 Å². The summed E-state index contributed by atoms with van der Waals surface area (Å²) >= 11 is 0. The molecule has 146 valence electrons. The van der Waals surface area contributed by atoms with E-state index < -0.39 is 32.7 Å². The Balaban J connectivity index is 0.000000387. The maximum Gasteiger partial charge on any atom is 0.485 e. The summed E-state index contributed by atoms with van der Waals surface area (Å²) in [6, 6.07) is 18.0. The van der Waals surface area contributed by atoms with Gasteiger partial charge in [0.15, 0.2) is 36.1 Å². The highest BCUT2D eigenvalue weighted by molar-refractivity contribution is 8.01. The molecule has 0 heterocycles. The van der Waals surface area contributed by atoms with Crippen molar-refractivity contribution >= 4 is 21.0 Å². The van der Waals surface area contributed by atoms with E-state index in [0.29, 0.717) is 0 Å². The highest BCUT2D eigenvalue weighted by atomic mass is 32.2. The minimum absolute atomic E-state index is 0.783. The number of alkyl halides is 6. The average molecular weight is 428 g/mol. The monoisotopic (exact) mass is 428 g/mol. The van der Waals surface area contributed by atoms with Gasteiger partial charge in [0.2, 0.25) is 0 Å². The molecule has 0 saturated heterocycles. The quantitative estimate of drug-likeness (QED) is 0.236. The van der Waals surface area contributed by atoms with Gasteiger partial charge in [0.05, 0.1) is 5.92 Å². The van der Waals surface area contributed by atoms with Gasteiger partial charge in [0.1, 0.15) is 0 Å². The smallest absolute Gasteiger partial charge is 0.485 e. The van der Waals surface area contributed by atoms with Crippen LogP contribution in [0.2, 0.25) is 0 Å². The van der Waals surface area contributed by atoms with Gasteiger partial charge in [0.25, 0.3) is 0 Å². The normalized spacial score (nSPS) is 11.9. The van der Waals surface area contributed by atoms with Crippen molar-refractivity contribution in [2.45, 2.75) is 21.5 Å². The van der Waals surface area contributed by atoms with Crippen molar-refractivity contribution < 1.29 is 39.3 Å². The molecule has 3 nitrogen and oxygen atoms in total. The van der Waals surface area contributed by atoms with Gasteiger partial charge in [-0.05, 0) is 24.3 Å². The highest BCUT2D eigenvalue weighted by Crippen LogP contribution is 2.23. The van der Waals surface area contributed by atoms with Gasteiger partial charge in [0, 0.05) is 0 Å². The van der Waals surface area contributed by atoms with E-state index in [-0.39, 0.29) is 0 Å². The maximum atomic E-state index is 12.3. The average Bonchev–Trinajstić information content (AvgIpc) is 2.55. The van der Waals surface area contributed by atoms with Crippen LogP contribution in [0.3, 0.4) is 0 Å². The summed E-state index contributed by atoms with van der Waals surface area (Å²) in [6.45, 7) is 0. The molecule has 27 heavy (non-hydrogen) atoms. The first-order valence-electron chi connectivity index (χ1n) is 6.77. The second-order valence-electron chi connectivity index (χ2n) is 4.56. The fraction of sp³-hybridized carbons (Fsp3) is 0.125. The summed E-state index contributed by atoms with van der Waals surface area (Å²) in [5.74, 6) is 1.38. The van der Waals surface area contributed by atoms with E-state index in [4.69, 9.17) is 13.0 Å². The number of hydrogen-bond donors (Lipinski definition) is 0. The molecular weight excluding hydrogens is 418 g/mol. The Kier molecular flexibility index (Phi) is 7.77. The van der Waals surface area contributed by atoms with Crippen molar-refractivity contribution in [3.05, 3.63) is 60.7 Å². The molecule has 0 aliphatic carbocycles. The molecule has 0 aromatic heterocycles. The number of benzene rings is 2. The predicted octanol–water partition coefficient (Wildman–Crippen LogP) is 4.30. The molecular formula is C16H10F6O3S2. The molecule has 0 N–H and O–H groups in total. The van der Waals surface area contributed by atoms with Gasteiger partial charge in [-0.2, -0.15) is 26.3 Å². The molecule has 0 bridgehead atoms. The van der Waals surface area contributed by atoms with Gasteiger partial charge < -0.3 is 4.55 Å². The van der Waals surface area contributed by atoms with E-state index in [9.17, 15) is 26.3 Å². The third-order valence-corrected chi connectivity index (χ3v) is 4.90. The lowest BCUT2D eigenvalue weighted by molar-refractivity contribution is -0.0696. The standard InChI is InChI=1S/C15H10F3S.CHF3O3S/c16-15(17,18)11-12-19(13-7-3-1-4-8-13)14-9-5-2-6-10-14;2-1(3,4)8(5,6)7/h1-10H;(H,5,6,7)/q+1;/p-1. The fourth-order valence-corrected chi connectivity index (χ4v) is 3.06. The zero-order chi connectivity index (χ0) is 20.7. The second-order valence-corrected chi connectivity index (χ2v) is 7.69. The summed E-state index contributed by atoms with van der Waals surface area (Å²) in [5.41, 5.74) is -5.65. The molecule has 0 spiro atoms. The highest BCUT2D eigenvalue weighted by Gasteiger charge is 2.37. The first-order valence-corrected chi connectivity index (χ1v) is 9.40. The Morgan fingerprint density at radius 2 is 1.11 bits per heavy atom. The van der Waals surface area contributed by atoms with Crippen LogP contribution < -0.4 is 0 Å². The molecule has 0 aliphatic heterocycles. The van der Waals surface area contributed by atoms with E-state index in [1.165, 1.54) is 5.92 Å². The summed E-state index contributed by atoms with van der Waals surface area (Å²) in [6.07, 6.45) is -4.46. The molecule has 0 fully saturated rings. The van der Waals surface area contributed by atoms with Gasteiger partial charge >= 0.3 is 11.7 Å². The topological polar surface area (TPSA) is 57.2 Å². The SMILES string of the molecule is FC(F)(F)C#C[S+](c1ccccc1)c1ccccc1.O=S(=O)([O-])C(F)(F)F. The Labute approximate surface area is 154 Å². The molecule has 0 radical (unpaired) electrons. The van der Waals surface area contributed by atoms with Crippen LogP contribution in [0.15, 0.2) is 70.5 Å². The Morgan fingerprint density at radius 3 is 1.37 bits per heavy atom. The molecule has 0 atom stereocenters. The van der Waals surface area contributed by atoms with Crippen LogP contribution in [-0.4, -0.2) is 24.7 Å². The van der Waals surface area contributed by atoms with Crippen LogP contribution in [0, 0.1) is 11.2 Å². The van der Waals surface area contributed by atoms with E-state index in [1.54, 1.807) is 48.5 Å². The second kappa shape index (κ2) is 9.16. The third kappa shape index (κ3) is 8.38. The Hall–Kier alpha value is -2.16. The van der Waals surface area contributed by atoms with Gasteiger partial charge in [-0.15, -0.1) is 0 Å². The van der Waals surface area contributed by atoms with Gasteiger partial charge in [-0.3, -0.25) is 0 Å². The molecule has 2 aromatic carbocycles. The lowest BCUT2D eigenvalue weighted by atomic mass is 10.4. The third-order valence-electron chi connectivity index (χ3n) is 2.54. The Bertz CT molecular complexity index is 843. The summed E-state index contributed by atoms with van der Waals surface area (Å²) in [4.78, 5) is 1.57. The maximum absolute atomic E-state index is 12.3. The van der Waals surface area contributed by atoms with Crippen molar-refractivity contribution in [1.29, 1.82) is 0 Å². The summed E-state index contributed by atoms with van der Waals surface area (Å²) < 4.78 is 95.7. The Morgan fingerprint density at radius 1 is 0.778 bits per heavy atom. The summed E-state index contributed by atoms with van der Waals surface area (Å²) in [7, 11) is -6.97. The fourth-order valence-electron chi connectivity index (χ4n) is 1.48. The van der Waals surface area contributed by atoms with Crippen molar-refractivity contribution in [1.82, 2.24) is 0 Å². The lowest BCUT2D eigenvalue weighted by Crippen LogP contribution is -2.21. The molecule has 11 heteroatoms. The number of hydrogen-bond acceptors (Lipinski definition) is 3. The zero-order valence-electron chi connectivity index (χ0n) is 13.1. The van der Waals surface area contributed by atoms with E-state index >= 15 is 0 Å². The van der Waals surface area contributed by atoms with Crippen molar-refractivity contribution in [2.24, 2.45) is 0 Å². The molecule has 0 amide bonds. The first-order chi connectivity index (χ1) is 12.3. The van der Waals surface area contributed by atoms with E-state index in [2.05, 4.69) is 5.25 Å². The van der Waals surface area contributed by atoms with Crippen LogP contribution in [0.4, 0.5) is 26.3 Å². The molecule has 2 aromatic rings. The predicted molar refractivity (Wildman–Crippen MR) is 86.4 cm³/mol. The molecule has 0 saturated carbocycles. The van der Waals surface area contributed by atoms with Crippen molar-refractivity contribution in [2.75, 3.05) is 0 Å². The van der Waals surface area contributed by atoms with Crippen LogP contribution in [0.1, 0.15) is 0 Å². The van der Waals surface area contributed by atoms with Gasteiger partial charge in [-0.25, -0.2) is 8.42 Å². The molecule has 0 aliphatic rings. The zero-order valence-corrected chi connectivity index (χ0v) is 14.7.